The molecule has 0 aromatic carbocycles. The Kier molecular flexibility index (Phi) is 3.61. The van der Waals surface area contributed by atoms with E-state index in [9.17, 15) is 13.2 Å². The van der Waals surface area contributed by atoms with E-state index in [0.29, 0.717) is 6.54 Å². The zero-order valence-electron chi connectivity index (χ0n) is 9.98. The van der Waals surface area contributed by atoms with Crippen LogP contribution in [-0.2, 0) is 12.7 Å². The summed E-state index contributed by atoms with van der Waals surface area (Å²) >= 11 is 1.43. The molecule has 4 nitrogen and oxygen atoms in total. The summed E-state index contributed by atoms with van der Waals surface area (Å²) in [6, 6.07) is 0.946. The molecule has 2 N–H and O–H groups in total. The molecule has 0 amide bonds. The zero-order chi connectivity index (χ0) is 14.0. The fourth-order valence-corrected chi connectivity index (χ4v) is 2.13. The van der Waals surface area contributed by atoms with Gasteiger partial charge in [0.1, 0.15) is 5.69 Å². The molecule has 0 aliphatic carbocycles. The quantitative estimate of drug-likeness (QED) is 0.943. The van der Waals surface area contributed by atoms with Gasteiger partial charge in [-0.2, -0.15) is 13.2 Å². The van der Waals surface area contributed by atoms with Crippen molar-refractivity contribution in [3.63, 3.8) is 0 Å². The third kappa shape index (κ3) is 3.14. The second-order valence-electron chi connectivity index (χ2n) is 3.96. The maximum absolute atomic E-state index is 12.6. The molecule has 0 saturated carbocycles. The Morgan fingerprint density at radius 3 is 2.68 bits per heavy atom. The van der Waals surface area contributed by atoms with Crippen LogP contribution in [0.1, 0.15) is 11.4 Å². The Balaban J connectivity index is 2.28. The Labute approximate surface area is 111 Å². The molecule has 2 aromatic heterocycles. The van der Waals surface area contributed by atoms with Crippen LogP contribution in [0.5, 0.6) is 0 Å². The number of nitrogens with zero attached hydrogens (tertiary/aromatic N) is 3. The van der Waals surface area contributed by atoms with E-state index in [-0.39, 0.29) is 11.4 Å². The maximum Gasteiger partial charge on any atom is 0.433 e. The Morgan fingerprint density at radius 2 is 2.11 bits per heavy atom. The second kappa shape index (κ2) is 5.04. The minimum Gasteiger partial charge on any atom is -0.396 e. The van der Waals surface area contributed by atoms with Crippen molar-refractivity contribution in [2.45, 2.75) is 12.7 Å². The van der Waals surface area contributed by atoms with Crippen LogP contribution in [0.15, 0.2) is 23.2 Å². The first kappa shape index (κ1) is 13.6. The summed E-state index contributed by atoms with van der Waals surface area (Å²) in [5.74, 6) is 0. The van der Waals surface area contributed by atoms with Gasteiger partial charge in [0, 0.05) is 12.4 Å². The van der Waals surface area contributed by atoms with Crippen LogP contribution >= 0.6 is 11.3 Å². The van der Waals surface area contributed by atoms with Crippen molar-refractivity contribution in [2.75, 3.05) is 17.7 Å². The average molecular weight is 288 g/mol. The fraction of sp³-hybridized carbons (Fsp3) is 0.273. The molecule has 0 saturated heterocycles. The molecule has 102 valence electrons. The molecule has 0 aliphatic rings. The predicted octanol–water partition coefficient (Wildman–Crippen LogP) is 2.78. The number of hydrogen-bond acceptors (Lipinski definition) is 5. The number of alkyl halides is 3. The summed E-state index contributed by atoms with van der Waals surface area (Å²) in [5, 5.41) is 1.83. The third-order valence-corrected chi connectivity index (χ3v) is 3.13. The van der Waals surface area contributed by atoms with Gasteiger partial charge < -0.3 is 10.6 Å². The molecular formula is C11H11F3N4S. The normalized spacial score (nSPS) is 11.6. The maximum atomic E-state index is 12.6. The van der Waals surface area contributed by atoms with Crippen LogP contribution in [0.2, 0.25) is 0 Å². The Hall–Kier alpha value is -1.83. The molecule has 0 atom stereocenters. The van der Waals surface area contributed by atoms with E-state index in [4.69, 9.17) is 5.73 Å². The smallest absolute Gasteiger partial charge is 0.396 e. The molecule has 0 fully saturated rings. The van der Waals surface area contributed by atoms with Gasteiger partial charge in [0.15, 0.2) is 0 Å². The molecule has 0 unspecified atom stereocenters. The summed E-state index contributed by atoms with van der Waals surface area (Å²) in [6.45, 7) is 0.384. The van der Waals surface area contributed by atoms with Gasteiger partial charge in [-0.1, -0.05) is 0 Å². The number of thiazole rings is 1. The number of nitrogens with two attached hydrogens (primary N) is 1. The Morgan fingerprint density at radius 1 is 1.37 bits per heavy atom. The molecule has 2 rings (SSSR count). The number of halogens is 3. The van der Waals surface area contributed by atoms with Crippen LogP contribution in [-0.4, -0.2) is 17.0 Å². The molecule has 2 heterocycles. The number of pyridine rings is 1. The van der Waals surface area contributed by atoms with E-state index in [1.165, 1.54) is 11.3 Å². The highest BCUT2D eigenvalue weighted by Gasteiger charge is 2.33. The monoisotopic (exact) mass is 288 g/mol. The van der Waals surface area contributed by atoms with Crippen LogP contribution in [0.4, 0.5) is 24.5 Å². The SMILES string of the molecule is CN(Cc1cscn1)c1cc(C(F)(F)F)ncc1N. The highest BCUT2D eigenvalue weighted by atomic mass is 32.1. The van der Waals surface area contributed by atoms with Gasteiger partial charge in [-0.25, -0.2) is 9.97 Å². The van der Waals surface area contributed by atoms with Gasteiger partial charge in [0.2, 0.25) is 0 Å². The van der Waals surface area contributed by atoms with Crippen molar-refractivity contribution in [3.8, 4) is 0 Å². The minimum absolute atomic E-state index is 0.200. The molecule has 0 radical (unpaired) electrons. The molecule has 8 heteroatoms. The average Bonchev–Trinajstić information content (AvgIpc) is 2.80. The highest BCUT2D eigenvalue weighted by molar-refractivity contribution is 7.07. The van der Waals surface area contributed by atoms with Crippen molar-refractivity contribution in [3.05, 3.63) is 34.5 Å². The number of aromatic nitrogens is 2. The van der Waals surface area contributed by atoms with Crippen LogP contribution in [0, 0.1) is 0 Å². The molecule has 0 spiro atoms. The predicted molar refractivity (Wildman–Crippen MR) is 67.9 cm³/mol. The van der Waals surface area contributed by atoms with E-state index >= 15 is 0 Å². The highest BCUT2D eigenvalue weighted by Crippen LogP contribution is 2.32. The first-order valence-corrected chi connectivity index (χ1v) is 6.23. The lowest BCUT2D eigenvalue weighted by atomic mass is 10.2. The van der Waals surface area contributed by atoms with Gasteiger partial charge in [-0.15, -0.1) is 11.3 Å². The molecule has 0 aliphatic heterocycles. The summed E-state index contributed by atoms with van der Waals surface area (Å²) in [5.41, 5.74) is 7.65. The van der Waals surface area contributed by atoms with Gasteiger partial charge in [0.25, 0.3) is 0 Å². The van der Waals surface area contributed by atoms with Crippen molar-refractivity contribution < 1.29 is 13.2 Å². The van der Waals surface area contributed by atoms with Crippen molar-refractivity contribution in [1.29, 1.82) is 0 Å². The number of nitrogen functional groups attached to an aromatic ring is 1. The first-order chi connectivity index (χ1) is 8.88. The van der Waals surface area contributed by atoms with Crippen molar-refractivity contribution >= 4 is 22.7 Å². The first-order valence-electron chi connectivity index (χ1n) is 5.29. The minimum atomic E-state index is -4.48. The fourth-order valence-electron chi connectivity index (χ4n) is 1.58. The van der Waals surface area contributed by atoms with Crippen LogP contribution in [0.3, 0.4) is 0 Å². The molecule has 19 heavy (non-hydrogen) atoms. The van der Waals surface area contributed by atoms with E-state index in [1.54, 1.807) is 17.5 Å². The lowest BCUT2D eigenvalue weighted by molar-refractivity contribution is -0.141. The number of anilines is 2. The molecule has 0 bridgehead atoms. The zero-order valence-corrected chi connectivity index (χ0v) is 10.8. The summed E-state index contributed by atoms with van der Waals surface area (Å²) < 4.78 is 37.8. The lowest BCUT2D eigenvalue weighted by Gasteiger charge is -2.21. The summed E-state index contributed by atoms with van der Waals surface area (Å²) in [6.07, 6.45) is -3.46. The molecular weight excluding hydrogens is 277 g/mol. The summed E-state index contributed by atoms with van der Waals surface area (Å²) in [7, 11) is 1.66. The second-order valence-corrected chi connectivity index (χ2v) is 4.68. The summed E-state index contributed by atoms with van der Waals surface area (Å²) in [4.78, 5) is 8.99. The largest absolute Gasteiger partial charge is 0.433 e. The topological polar surface area (TPSA) is 55.0 Å². The number of hydrogen-bond donors (Lipinski definition) is 1. The van der Waals surface area contributed by atoms with E-state index < -0.39 is 11.9 Å². The van der Waals surface area contributed by atoms with Crippen molar-refractivity contribution in [1.82, 2.24) is 9.97 Å². The van der Waals surface area contributed by atoms with Crippen LogP contribution in [0.25, 0.3) is 0 Å². The van der Waals surface area contributed by atoms with Gasteiger partial charge in [0.05, 0.1) is 35.3 Å². The van der Waals surface area contributed by atoms with E-state index in [1.807, 2.05) is 5.38 Å². The van der Waals surface area contributed by atoms with Gasteiger partial charge in [-0.05, 0) is 6.07 Å². The van der Waals surface area contributed by atoms with Crippen LogP contribution < -0.4 is 10.6 Å². The van der Waals surface area contributed by atoms with Crippen molar-refractivity contribution in [2.24, 2.45) is 0 Å². The Bertz CT molecular complexity index is 554. The van der Waals surface area contributed by atoms with E-state index in [2.05, 4.69) is 9.97 Å². The van der Waals surface area contributed by atoms with Gasteiger partial charge in [-0.3, -0.25) is 0 Å². The lowest BCUT2D eigenvalue weighted by Crippen LogP contribution is -2.19. The van der Waals surface area contributed by atoms with E-state index in [0.717, 1.165) is 18.0 Å². The third-order valence-electron chi connectivity index (χ3n) is 2.50. The standard InChI is InChI=1S/C11H11F3N4S/c1-18(4-7-5-19-6-17-7)9-2-10(11(12,13)14)16-3-8(9)15/h2-3,5-6H,4,15H2,1H3. The number of rotatable bonds is 3. The molecule has 2 aromatic rings. The van der Waals surface area contributed by atoms with Gasteiger partial charge >= 0.3 is 6.18 Å².